The fourth-order valence-corrected chi connectivity index (χ4v) is 0.136. The van der Waals surface area contributed by atoms with E-state index in [0.29, 0.717) is 0 Å². The van der Waals surface area contributed by atoms with Crippen molar-refractivity contribution in [1.29, 1.82) is 0 Å². The highest BCUT2D eigenvalue weighted by molar-refractivity contribution is 6.26. The van der Waals surface area contributed by atoms with Gasteiger partial charge in [0.1, 0.15) is 0 Å². The van der Waals surface area contributed by atoms with Crippen LogP contribution < -0.4 is 0 Å². The molecule has 0 amide bonds. The summed E-state index contributed by atoms with van der Waals surface area (Å²) < 4.78 is 0. The van der Waals surface area contributed by atoms with Crippen molar-refractivity contribution < 1.29 is 5.21 Å². The SMILES string of the molecule is ON=C/C=C\Cl. The highest BCUT2D eigenvalue weighted by Crippen LogP contribution is 1.71. The summed E-state index contributed by atoms with van der Waals surface area (Å²) in [7, 11) is 0. The fraction of sp³-hybridized carbons (Fsp3) is 0. The zero-order valence-corrected chi connectivity index (χ0v) is 3.76. The zero-order chi connectivity index (χ0) is 4.83. The van der Waals surface area contributed by atoms with Crippen LogP contribution in [-0.2, 0) is 0 Å². The highest BCUT2D eigenvalue weighted by Gasteiger charge is 1.53. The summed E-state index contributed by atoms with van der Waals surface area (Å²) >= 11 is 5.00. The number of allylic oxidation sites excluding steroid dienone is 1. The second-order valence-corrected chi connectivity index (χ2v) is 0.835. The van der Waals surface area contributed by atoms with E-state index in [1.54, 1.807) is 0 Å². The maximum Gasteiger partial charge on any atom is 0.0670 e. The van der Waals surface area contributed by atoms with Crippen molar-refractivity contribution in [2.45, 2.75) is 0 Å². The Bertz CT molecular complexity index is 59.2. The van der Waals surface area contributed by atoms with Gasteiger partial charge in [-0.2, -0.15) is 0 Å². The van der Waals surface area contributed by atoms with Gasteiger partial charge < -0.3 is 5.21 Å². The molecule has 0 aromatic carbocycles. The molecule has 0 fully saturated rings. The molecule has 0 aromatic rings. The third kappa shape index (κ3) is 3.50. The van der Waals surface area contributed by atoms with E-state index in [-0.39, 0.29) is 0 Å². The van der Waals surface area contributed by atoms with Crippen LogP contribution in [-0.4, -0.2) is 11.4 Å². The molecule has 1 N–H and O–H groups in total. The monoisotopic (exact) mass is 105 g/mol. The molecule has 0 saturated heterocycles. The quantitative estimate of drug-likeness (QED) is 0.303. The Kier molecular flexibility index (Phi) is 4.12. The lowest BCUT2D eigenvalue weighted by Gasteiger charge is -1.61. The molecule has 0 aromatic heterocycles. The average molecular weight is 106 g/mol. The standard InChI is InChI=1S/C3H4ClNO/c4-2-1-3-5-6/h1-3,6H/b2-1-,5-3?. The van der Waals surface area contributed by atoms with Gasteiger partial charge in [0.2, 0.25) is 0 Å². The average Bonchev–Trinajstić information content (AvgIpc) is 1.61. The summed E-state index contributed by atoms with van der Waals surface area (Å²) in [4.78, 5) is 0. The van der Waals surface area contributed by atoms with Gasteiger partial charge in [-0.3, -0.25) is 0 Å². The van der Waals surface area contributed by atoms with E-state index in [9.17, 15) is 0 Å². The number of rotatable bonds is 1. The molecule has 2 nitrogen and oxygen atoms in total. The van der Waals surface area contributed by atoms with Gasteiger partial charge in [-0.25, -0.2) is 0 Å². The first-order valence-corrected chi connectivity index (χ1v) is 1.78. The Balaban J connectivity index is 3.07. The molecule has 34 valence electrons. The molecule has 0 spiro atoms. The van der Waals surface area contributed by atoms with Crippen LogP contribution >= 0.6 is 11.6 Å². The second kappa shape index (κ2) is 4.50. The van der Waals surface area contributed by atoms with E-state index in [4.69, 9.17) is 16.8 Å². The van der Waals surface area contributed by atoms with Crippen LogP contribution in [0.5, 0.6) is 0 Å². The van der Waals surface area contributed by atoms with Crippen molar-refractivity contribution in [2.75, 3.05) is 0 Å². The van der Waals surface area contributed by atoms with Crippen LogP contribution in [0.3, 0.4) is 0 Å². The summed E-state index contributed by atoms with van der Waals surface area (Å²) in [6, 6.07) is 0. The summed E-state index contributed by atoms with van der Waals surface area (Å²) in [6.45, 7) is 0. The normalized spacial score (nSPS) is 11.5. The number of hydrogen-bond acceptors (Lipinski definition) is 2. The Morgan fingerprint density at radius 2 is 2.33 bits per heavy atom. The molecule has 0 saturated carbocycles. The molecule has 0 bridgehead atoms. The van der Waals surface area contributed by atoms with Crippen molar-refractivity contribution >= 4 is 17.8 Å². The van der Waals surface area contributed by atoms with Gasteiger partial charge in [0.15, 0.2) is 0 Å². The molecular weight excluding hydrogens is 101 g/mol. The Labute approximate surface area is 40.7 Å². The second-order valence-electron chi connectivity index (χ2n) is 0.583. The molecule has 6 heavy (non-hydrogen) atoms. The highest BCUT2D eigenvalue weighted by atomic mass is 35.5. The van der Waals surface area contributed by atoms with E-state index in [0.717, 1.165) is 0 Å². The van der Waals surface area contributed by atoms with E-state index in [2.05, 4.69) is 5.16 Å². The first-order chi connectivity index (χ1) is 2.91. The van der Waals surface area contributed by atoms with Gasteiger partial charge in [0, 0.05) is 5.54 Å². The van der Waals surface area contributed by atoms with Crippen LogP contribution in [0, 0.1) is 0 Å². The molecule has 0 aliphatic heterocycles. The van der Waals surface area contributed by atoms with Gasteiger partial charge in [-0.05, 0) is 6.08 Å². The van der Waals surface area contributed by atoms with Crippen molar-refractivity contribution in [3.8, 4) is 0 Å². The van der Waals surface area contributed by atoms with Gasteiger partial charge in [-0.1, -0.05) is 16.8 Å². The van der Waals surface area contributed by atoms with Crippen LogP contribution in [0.15, 0.2) is 16.8 Å². The third-order valence-electron chi connectivity index (χ3n) is 0.225. The first kappa shape index (κ1) is 5.50. The molecule has 0 heterocycles. The van der Waals surface area contributed by atoms with Gasteiger partial charge >= 0.3 is 0 Å². The van der Waals surface area contributed by atoms with Crippen LogP contribution in [0.1, 0.15) is 0 Å². The zero-order valence-electron chi connectivity index (χ0n) is 3.00. The maximum atomic E-state index is 7.66. The minimum atomic E-state index is 1.17. The summed E-state index contributed by atoms with van der Waals surface area (Å²) in [5.74, 6) is 0. The van der Waals surface area contributed by atoms with Gasteiger partial charge in [-0.15, -0.1) is 0 Å². The number of halogens is 1. The van der Waals surface area contributed by atoms with Crippen molar-refractivity contribution in [3.63, 3.8) is 0 Å². The molecule has 0 unspecified atom stereocenters. The summed E-state index contributed by atoms with van der Waals surface area (Å²) in [6.07, 6.45) is 2.58. The van der Waals surface area contributed by atoms with Gasteiger partial charge in [0.05, 0.1) is 6.21 Å². The van der Waals surface area contributed by atoms with E-state index in [1.165, 1.54) is 17.8 Å². The Morgan fingerprint density at radius 1 is 1.67 bits per heavy atom. The molecule has 0 rings (SSSR count). The van der Waals surface area contributed by atoms with Crippen LogP contribution in [0.25, 0.3) is 0 Å². The fourth-order valence-electron chi connectivity index (χ4n) is 0.0710. The first-order valence-electron chi connectivity index (χ1n) is 1.34. The largest absolute Gasteiger partial charge is 0.411 e. The van der Waals surface area contributed by atoms with Crippen molar-refractivity contribution in [3.05, 3.63) is 11.6 Å². The molecule has 0 atom stereocenters. The number of hydrogen-bond donors (Lipinski definition) is 1. The van der Waals surface area contributed by atoms with E-state index >= 15 is 0 Å². The van der Waals surface area contributed by atoms with Gasteiger partial charge in [0.25, 0.3) is 0 Å². The van der Waals surface area contributed by atoms with Crippen molar-refractivity contribution in [2.24, 2.45) is 5.16 Å². The Hall–Kier alpha value is -0.500. The molecule has 0 aliphatic rings. The lowest BCUT2D eigenvalue weighted by molar-refractivity contribution is 0.322. The summed E-state index contributed by atoms with van der Waals surface area (Å²) in [5, 5.41) is 10.3. The minimum Gasteiger partial charge on any atom is -0.411 e. The molecular formula is C3H4ClNO. The third-order valence-corrected chi connectivity index (χ3v) is 0.371. The van der Waals surface area contributed by atoms with Crippen LogP contribution in [0.4, 0.5) is 0 Å². The topological polar surface area (TPSA) is 32.6 Å². The van der Waals surface area contributed by atoms with E-state index < -0.39 is 0 Å². The molecule has 0 radical (unpaired) electrons. The smallest absolute Gasteiger partial charge is 0.0670 e. The molecule has 0 aliphatic carbocycles. The van der Waals surface area contributed by atoms with Crippen LogP contribution in [0.2, 0.25) is 0 Å². The lowest BCUT2D eigenvalue weighted by atomic mass is 10.7. The minimum absolute atomic E-state index is 1.17. The number of nitrogens with zero attached hydrogens (tertiary/aromatic N) is 1. The number of oxime groups is 1. The molecule has 3 heteroatoms. The Morgan fingerprint density at radius 3 is 2.50 bits per heavy atom. The predicted octanol–water partition coefficient (Wildman–Crippen LogP) is 1.20. The maximum absolute atomic E-state index is 7.66. The lowest BCUT2D eigenvalue weighted by Crippen LogP contribution is -1.56. The van der Waals surface area contributed by atoms with Crippen molar-refractivity contribution in [1.82, 2.24) is 0 Å². The summed E-state index contributed by atoms with van der Waals surface area (Å²) in [5.41, 5.74) is 1.25. The van der Waals surface area contributed by atoms with E-state index in [1.807, 2.05) is 0 Å². The predicted molar refractivity (Wildman–Crippen MR) is 25.3 cm³/mol.